The Balaban J connectivity index is 1.83. The van der Waals surface area contributed by atoms with Crippen molar-refractivity contribution in [1.82, 2.24) is 5.32 Å². The Morgan fingerprint density at radius 1 is 0.966 bits per heavy atom. The summed E-state index contributed by atoms with van der Waals surface area (Å²) in [5.74, 6) is 0.382. The highest BCUT2D eigenvalue weighted by Crippen LogP contribution is 2.27. The second kappa shape index (κ2) is 7.51. The van der Waals surface area contributed by atoms with E-state index in [0.717, 1.165) is 17.5 Å². The summed E-state index contributed by atoms with van der Waals surface area (Å²) in [4.78, 5) is 25.1. The summed E-state index contributed by atoms with van der Waals surface area (Å²) in [5.41, 5.74) is 2.65. The van der Waals surface area contributed by atoms with Crippen molar-refractivity contribution in [1.29, 1.82) is 0 Å². The van der Waals surface area contributed by atoms with Crippen molar-refractivity contribution in [3.8, 4) is 11.3 Å². The highest BCUT2D eigenvalue weighted by atomic mass is 16.3. The molecule has 0 saturated heterocycles. The van der Waals surface area contributed by atoms with Crippen LogP contribution in [0.1, 0.15) is 57.0 Å². The third-order valence-corrected chi connectivity index (χ3v) is 4.74. The van der Waals surface area contributed by atoms with E-state index < -0.39 is 0 Å². The van der Waals surface area contributed by atoms with Gasteiger partial charge < -0.3 is 9.73 Å². The topological polar surface area (TPSA) is 59.3 Å². The SMILES string of the molecule is Cc1ccc2oc(-c3ccc(C(=O)NC(C)(C)CC(C)(C)C)cc3)cc(=O)c2c1. The second-order valence-corrected chi connectivity index (χ2v) is 9.63. The third-order valence-electron chi connectivity index (χ3n) is 4.74. The lowest BCUT2D eigenvalue weighted by atomic mass is 9.81. The molecule has 0 aliphatic carbocycles. The molecule has 0 fully saturated rings. The summed E-state index contributed by atoms with van der Waals surface area (Å²) in [5, 5.41) is 3.69. The third kappa shape index (κ3) is 5.14. The van der Waals surface area contributed by atoms with Gasteiger partial charge in [0.05, 0.1) is 5.39 Å². The number of amides is 1. The molecule has 1 heterocycles. The fraction of sp³-hybridized carbons (Fsp3) is 0.360. The summed E-state index contributed by atoms with van der Waals surface area (Å²) in [6.07, 6.45) is 0.867. The van der Waals surface area contributed by atoms with E-state index in [0.29, 0.717) is 22.3 Å². The Kier molecular flexibility index (Phi) is 5.40. The quantitative estimate of drug-likeness (QED) is 0.619. The van der Waals surface area contributed by atoms with Crippen LogP contribution in [-0.2, 0) is 0 Å². The highest BCUT2D eigenvalue weighted by Gasteiger charge is 2.27. The van der Waals surface area contributed by atoms with Crippen LogP contribution in [0.4, 0.5) is 0 Å². The van der Waals surface area contributed by atoms with Crippen LogP contribution in [0.25, 0.3) is 22.3 Å². The predicted molar refractivity (Wildman–Crippen MR) is 118 cm³/mol. The molecule has 29 heavy (non-hydrogen) atoms. The summed E-state index contributed by atoms with van der Waals surface area (Å²) < 4.78 is 5.92. The normalized spacial score (nSPS) is 12.2. The summed E-state index contributed by atoms with van der Waals surface area (Å²) >= 11 is 0. The van der Waals surface area contributed by atoms with Gasteiger partial charge in [-0.15, -0.1) is 0 Å². The molecule has 3 aromatic rings. The first-order valence-corrected chi connectivity index (χ1v) is 9.91. The van der Waals surface area contributed by atoms with Crippen LogP contribution in [0, 0.1) is 12.3 Å². The van der Waals surface area contributed by atoms with E-state index in [1.165, 1.54) is 6.07 Å². The molecule has 0 radical (unpaired) electrons. The molecule has 152 valence electrons. The van der Waals surface area contributed by atoms with Gasteiger partial charge in [0.15, 0.2) is 5.43 Å². The maximum absolute atomic E-state index is 12.7. The van der Waals surface area contributed by atoms with E-state index in [-0.39, 0.29) is 22.3 Å². The van der Waals surface area contributed by atoms with E-state index >= 15 is 0 Å². The largest absolute Gasteiger partial charge is 0.456 e. The summed E-state index contributed by atoms with van der Waals surface area (Å²) in [7, 11) is 0. The van der Waals surface area contributed by atoms with E-state index in [2.05, 4.69) is 26.1 Å². The van der Waals surface area contributed by atoms with Crippen LogP contribution in [0.2, 0.25) is 0 Å². The van der Waals surface area contributed by atoms with E-state index in [1.807, 2.05) is 51.1 Å². The minimum atomic E-state index is -0.308. The van der Waals surface area contributed by atoms with Gasteiger partial charge in [0.1, 0.15) is 11.3 Å². The molecule has 0 bridgehead atoms. The number of rotatable bonds is 4. The van der Waals surface area contributed by atoms with E-state index in [1.54, 1.807) is 12.1 Å². The lowest BCUT2D eigenvalue weighted by molar-refractivity contribution is 0.0891. The lowest BCUT2D eigenvalue weighted by Gasteiger charge is -2.33. The van der Waals surface area contributed by atoms with Crippen molar-refractivity contribution in [3.05, 3.63) is 69.9 Å². The minimum absolute atomic E-state index is 0.0734. The molecule has 0 saturated carbocycles. The molecule has 0 unspecified atom stereocenters. The standard InChI is InChI=1S/C25H29NO3/c1-16-7-12-21-19(13-16)20(27)14-22(29-21)17-8-10-18(11-9-17)23(28)26-25(5,6)15-24(2,3)4/h7-14H,15H2,1-6H3,(H,26,28). The summed E-state index contributed by atoms with van der Waals surface area (Å²) in [6, 6.07) is 14.2. The van der Waals surface area contributed by atoms with Gasteiger partial charge in [0.2, 0.25) is 0 Å². The zero-order chi connectivity index (χ0) is 21.4. The van der Waals surface area contributed by atoms with Crippen molar-refractivity contribution < 1.29 is 9.21 Å². The molecular formula is C25H29NO3. The average molecular weight is 392 g/mol. The number of fused-ring (bicyclic) bond motifs is 1. The molecular weight excluding hydrogens is 362 g/mol. The molecule has 0 aliphatic rings. The Labute approximate surface area is 171 Å². The van der Waals surface area contributed by atoms with E-state index in [9.17, 15) is 9.59 Å². The average Bonchev–Trinajstić information content (AvgIpc) is 2.59. The number of hydrogen-bond donors (Lipinski definition) is 1. The number of carbonyl (C=O) groups is 1. The van der Waals surface area contributed by atoms with Crippen molar-refractivity contribution in [2.75, 3.05) is 0 Å². The molecule has 2 aromatic carbocycles. The first-order valence-electron chi connectivity index (χ1n) is 9.91. The molecule has 0 atom stereocenters. The Hall–Kier alpha value is -2.88. The maximum Gasteiger partial charge on any atom is 0.251 e. The fourth-order valence-electron chi connectivity index (χ4n) is 3.95. The predicted octanol–water partition coefficient (Wildman–Crippen LogP) is 5.71. The van der Waals surface area contributed by atoms with Gasteiger partial charge in [-0.1, -0.05) is 44.5 Å². The number of aryl methyl sites for hydroxylation is 1. The smallest absolute Gasteiger partial charge is 0.251 e. The molecule has 1 aromatic heterocycles. The van der Waals surface area contributed by atoms with Crippen LogP contribution < -0.4 is 10.7 Å². The zero-order valence-corrected chi connectivity index (χ0v) is 18.1. The van der Waals surface area contributed by atoms with Gasteiger partial charge in [0.25, 0.3) is 5.91 Å². The fourth-order valence-corrected chi connectivity index (χ4v) is 3.95. The van der Waals surface area contributed by atoms with Crippen LogP contribution >= 0.6 is 0 Å². The minimum Gasteiger partial charge on any atom is -0.456 e. The second-order valence-electron chi connectivity index (χ2n) is 9.63. The van der Waals surface area contributed by atoms with Gasteiger partial charge in [-0.25, -0.2) is 0 Å². The Morgan fingerprint density at radius 2 is 1.62 bits per heavy atom. The molecule has 3 rings (SSSR count). The Bertz CT molecular complexity index is 1100. The van der Waals surface area contributed by atoms with E-state index in [4.69, 9.17) is 4.42 Å². The van der Waals surface area contributed by atoms with Crippen molar-refractivity contribution in [3.63, 3.8) is 0 Å². The molecule has 4 heteroatoms. The highest BCUT2D eigenvalue weighted by molar-refractivity contribution is 5.95. The molecule has 1 N–H and O–H groups in total. The number of benzene rings is 2. The maximum atomic E-state index is 12.7. The van der Waals surface area contributed by atoms with Gasteiger partial charge >= 0.3 is 0 Å². The zero-order valence-electron chi connectivity index (χ0n) is 18.1. The lowest BCUT2D eigenvalue weighted by Crippen LogP contribution is -2.45. The monoisotopic (exact) mass is 391 g/mol. The van der Waals surface area contributed by atoms with Crippen LogP contribution in [-0.4, -0.2) is 11.4 Å². The van der Waals surface area contributed by atoms with Gasteiger partial charge in [-0.3, -0.25) is 9.59 Å². The molecule has 4 nitrogen and oxygen atoms in total. The van der Waals surface area contributed by atoms with Crippen molar-refractivity contribution in [2.24, 2.45) is 5.41 Å². The van der Waals surface area contributed by atoms with Gasteiger partial charge in [0, 0.05) is 22.7 Å². The number of hydrogen-bond acceptors (Lipinski definition) is 3. The van der Waals surface area contributed by atoms with Crippen molar-refractivity contribution >= 4 is 16.9 Å². The number of carbonyl (C=O) groups excluding carboxylic acids is 1. The molecule has 0 aliphatic heterocycles. The first-order chi connectivity index (χ1) is 13.4. The Morgan fingerprint density at radius 3 is 2.24 bits per heavy atom. The van der Waals surface area contributed by atoms with Gasteiger partial charge in [-0.2, -0.15) is 0 Å². The molecule has 0 spiro atoms. The molecule has 1 amide bonds. The van der Waals surface area contributed by atoms with Crippen LogP contribution in [0.5, 0.6) is 0 Å². The van der Waals surface area contributed by atoms with Crippen molar-refractivity contribution in [2.45, 2.75) is 53.5 Å². The van der Waals surface area contributed by atoms with Gasteiger partial charge in [-0.05, 0) is 56.9 Å². The van der Waals surface area contributed by atoms with Crippen LogP contribution in [0.3, 0.4) is 0 Å². The van der Waals surface area contributed by atoms with Crippen LogP contribution in [0.15, 0.2) is 57.7 Å². The first kappa shape index (κ1) is 20.8. The number of nitrogens with one attached hydrogen (secondary N) is 1. The summed E-state index contributed by atoms with van der Waals surface area (Å²) in [6.45, 7) is 12.5.